The number of nitriles is 1. The smallest absolute Gasteiger partial charge is 0.258 e. The molecule has 1 atom stereocenters. The molecule has 1 amide bonds. The first-order chi connectivity index (χ1) is 12.6. The fourth-order valence-corrected chi connectivity index (χ4v) is 3.46. The molecule has 0 saturated heterocycles. The second-order valence-corrected chi connectivity index (χ2v) is 6.98. The molecule has 134 valence electrons. The van der Waals surface area contributed by atoms with Crippen molar-refractivity contribution in [3.63, 3.8) is 0 Å². The Kier molecular flexibility index (Phi) is 5.80. The van der Waals surface area contributed by atoms with Crippen LogP contribution in [0.3, 0.4) is 0 Å². The van der Waals surface area contributed by atoms with Crippen LogP contribution in [0.15, 0.2) is 36.4 Å². The number of carbonyl (C=O) groups excluding carboxylic acids is 1. The quantitative estimate of drug-likeness (QED) is 0.853. The van der Waals surface area contributed by atoms with E-state index in [-0.39, 0.29) is 18.6 Å². The topological polar surface area (TPSA) is 62.1 Å². The highest BCUT2D eigenvalue weighted by Crippen LogP contribution is 2.26. The Morgan fingerprint density at radius 1 is 1.23 bits per heavy atom. The molecule has 4 nitrogen and oxygen atoms in total. The second-order valence-electron chi connectivity index (χ2n) is 6.57. The average Bonchev–Trinajstić information content (AvgIpc) is 2.66. The lowest BCUT2D eigenvalue weighted by Crippen LogP contribution is -2.31. The summed E-state index contributed by atoms with van der Waals surface area (Å²) in [7, 11) is 0. The summed E-state index contributed by atoms with van der Waals surface area (Å²) in [5, 5.41) is 12.1. The molecule has 0 saturated carbocycles. The van der Waals surface area contributed by atoms with Crippen LogP contribution < -0.4 is 10.1 Å². The highest BCUT2D eigenvalue weighted by atomic mass is 35.5. The fraction of sp³-hybridized carbons (Fsp3) is 0.333. The van der Waals surface area contributed by atoms with E-state index in [1.165, 1.54) is 30.0 Å². The number of amides is 1. The molecular formula is C21H21ClN2O2. The zero-order valence-corrected chi connectivity index (χ0v) is 15.5. The molecule has 0 aliphatic heterocycles. The van der Waals surface area contributed by atoms with Crippen LogP contribution in [0.5, 0.6) is 5.75 Å². The number of hydrogen-bond acceptors (Lipinski definition) is 3. The lowest BCUT2D eigenvalue weighted by atomic mass is 9.89. The number of nitrogens with one attached hydrogen (secondary N) is 1. The number of carbonyl (C=O) groups is 1. The summed E-state index contributed by atoms with van der Waals surface area (Å²) >= 11 is 6.05. The van der Waals surface area contributed by atoms with E-state index < -0.39 is 0 Å². The van der Waals surface area contributed by atoms with Crippen LogP contribution in [0.25, 0.3) is 0 Å². The fourth-order valence-electron chi connectivity index (χ4n) is 3.22. The predicted octanol–water partition coefficient (Wildman–Crippen LogP) is 4.35. The van der Waals surface area contributed by atoms with Crippen molar-refractivity contribution in [1.82, 2.24) is 5.32 Å². The van der Waals surface area contributed by atoms with Crippen LogP contribution in [0.1, 0.15) is 48.1 Å². The number of hydrogen-bond donors (Lipinski definition) is 1. The highest BCUT2D eigenvalue weighted by Gasteiger charge is 2.15. The SMILES string of the molecule is C[C@@H](NC(=O)COc1ccc(C#N)cc1Cl)c1ccc2c(c1)CCCC2. The van der Waals surface area contributed by atoms with Crippen molar-refractivity contribution in [2.24, 2.45) is 0 Å². The molecule has 2 aromatic carbocycles. The number of rotatable bonds is 5. The van der Waals surface area contributed by atoms with Crippen LogP contribution >= 0.6 is 11.6 Å². The molecule has 0 heterocycles. The van der Waals surface area contributed by atoms with Gasteiger partial charge in [-0.15, -0.1) is 0 Å². The van der Waals surface area contributed by atoms with E-state index in [1.54, 1.807) is 12.1 Å². The summed E-state index contributed by atoms with van der Waals surface area (Å²) < 4.78 is 5.47. The van der Waals surface area contributed by atoms with E-state index in [0.717, 1.165) is 18.4 Å². The van der Waals surface area contributed by atoms with Crippen molar-refractivity contribution in [3.05, 3.63) is 63.7 Å². The Morgan fingerprint density at radius 3 is 2.73 bits per heavy atom. The summed E-state index contributed by atoms with van der Waals surface area (Å²) in [6, 6.07) is 13.1. The van der Waals surface area contributed by atoms with Crippen LogP contribution in [0.2, 0.25) is 5.02 Å². The van der Waals surface area contributed by atoms with Gasteiger partial charge in [0.1, 0.15) is 5.75 Å². The lowest BCUT2D eigenvalue weighted by Gasteiger charge is -2.20. The minimum Gasteiger partial charge on any atom is -0.482 e. The van der Waals surface area contributed by atoms with Crippen molar-refractivity contribution in [1.29, 1.82) is 5.26 Å². The van der Waals surface area contributed by atoms with Gasteiger partial charge in [-0.2, -0.15) is 5.26 Å². The largest absolute Gasteiger partial charge is 0.482 e. The van der Waals surface area contributed by atoms with Gasteiger partial charge in [-0.25, -0.2) is 0 Å². The van der Waals surface area contributed by atoms with Crippen molar-refractivity contribution < 1.29 is 9.53 Å². The molecule has 0 unspecified atom stereocenters. The lowest BCUT2D eigenvalue weighted by molar-refractivity contribution is -0.123. The number of benzene rings is 2. The minimum absolute atomic E-state index is 0.0882. The normalized spacial score (nSPS) is 14.0. The Bertz CT molecular complexity index is 858. The van der Waals surface area contributed by atoms with Crippen LogP contribution in [-0.2, 0) is 17.6 Å². The molecule has 1 N–H and O–H groups in total. The van der Waals surface area contributed by atoms with Crippen LogP contribution in [0.4, 0.5) is 0 Å². The van der Waals surface area contributed by atoms with Crippen molar-refractivity contribution in [2.45, 2.75) is 38.6 Å². The molecule has 5 heteroatoms. The Morgan fingerprint density at radius 2 is 2.00 bits per heavy atom. The predicted molar refractivity (Wildman–Crippen MR) is 101 cm³/mol. The summed E-state index contributed by atoms with van der Waals surface area (Å²) in [6.07, 6.45) is 4.75. The van der Waals surface area contributed by atoms with Crippen LogP contribution in [-0.4, -0.2) is 12.5 Å². The third kappa shape index (κ3) is 4.36. The third-order valence-corrected chi connectivity index (χ3v) is 4.97. The van der Waals surface area contributed by atoms with Gasteiger partial charge < -0.3 is 10.1 Å². The van der Waals surface area contributed by atoms with Gasteiger partial charge in [0.15, 0.2) is 6.61 Å². The van der Waals surface area contributed by atoms with Crippen molar-refractivity contribution in [3.8, 4) is 11.8 Å². The van der Waals surface area contributed by atoms with Gasteiger partial charge in [-0.1, -0.05) is 29.8 Å². The van der Waals surface area contributed by atoms with E-state index in [2.05, 4.69) is 23.5 Å². The molecule has 3 rings (SSSR count). The molecule has 0 spiro atoms. The molecule has 2 aromatic rings. The maximum atomic E-state index is 12.2. The average molecular weight is 369 g/mol. The molecule has 0 bridgehead atoms. The molecule has 1 aliphatic rings. The van der Waals surface area contributed by atoms with Gasteiger partial charge >= 0.3 is 0 Å². The van der Waals surface area contributed by atoms with E-state index in [4.69, 9.17) is 21.6 Å². The van der Waals surface area contributed by atoms with Crippen molar-refractivity contribution >= 4 is 17.5 Å². The van der Waals surface area contributed by atoms with Gasteiger partial charge in [0.25, 0.3) is 5.91 Å². The zero-order chi connectivity index (χ0) is 18.5. The summed E-state index contributed by atoms with van der Waals surface area (Å²) in [6.45, 7) is 1.85. The van der Waals surface area contributed by atoms with E-state index >= 15 is 0 Å². The maximum Gasteiger partial charge on any atom is 0.258 e. The number of aryl methyl sites for hydroxylation is 2. The van der Waals surface area contributed by atoms with Gasteiger partial charge in [0.2, 0.25) is 0 Å². The maximum absolute atomic E-state index is 12.2. The highest BCUT2D eigenvalue weighted by molar-refractivity contribution is 6.32. The number of nitrogens with zero attached hydrogens (tertiary/aromatic N) is 1. The molecular weight excluding hydrogens is 348 g/mol. The van der Waals surface area contributed by atoms with E-state index in [0.29, 0.717) is 16.3 Å². The van der Waals surface area contributed by atoms with Gasteiger partial charge in [0, 0.05) is 0 Å². The summed E-state index contributed by atoms with van der Waals surface area (Å²) in [5.74, 6) is 0.179. The molecule has 0 fully saturated rings. The van der Waals surface area contributed by atoms with Gasteiger partial charge in [0.05, 0.1) is 22.7 Å². The number of halogens is 1. The molecule has 26 heavy (non-hydrogen) atoms. The Balaban J connectivity index is 1.57. The molecule has 0 aromatic heterocycles. The first kappa shape index (κ1) is 18.3. The summed E-state index contributed by atoms with van der Waals surface area (Å²) in [5.41, 5.74) is 4.39. The van der Waals surface area contributed by atoms with E-state index in [1.807, 2.05) is 13.0 Å². The second kappa shape index (κ2) is 8.25. The first-order valence-electron chi connectivity index (χ1n) is 8.80. The molecule has 0 radical (unpaired) electrons. The summed E-state index contributed by atoms with van der Waals surface area (Å²) in [4.78, 5) is 12.2. The third-order valence-electron chi connectivity index (χ3n) is 4.67. The number of fused-ring (bicyclic) bond motifs is 1. The molecule has 1 aliphatic carbocycles. The zero-order valence-electron chi connectivity index (χ0n) is 14.7. The van der Waals surface area contributed by atoms with Crippen LogP contribution in [0, 0.1) is 11.3 Å². The van der Waals surface area contributed by atoms with Gasteiger partial charge in [-0.05, 0) is 67.5 Å². The number of ether oxygens (including phenoxy) is 1. The Labute approximate surface area is 158 Å². The Hall–Kier alpha value is -2.51. The van der Waals surface area contributed by atoms with E-state index in [9.17, 15) is 4.79 Å². The standard InChI is InChI=1S/C21H21ClN2O2/c1-14(17-8-7-16-4-2-3-5-18(16)11-17)24-21(25)13-26-20-9-6-15(12-23)10-19(20)22/h6-11,14H,2-5,13H2,1H3,(H,24,25)/t14-/m1/s1. The monoisotopic (exact) mass is 368 g/mol. The minimum atomic E-state index is -0.212. The first-order valence-corrected chi connectivity index (χ1v) is 9.18. The van der Waals surface area contributed by atoms with Crippen molar-refractivity contribution in [2.75, 3.05) is 6.61 Å². The van der Waals surface area contributed by atoms with Gasteiger partial charge in [-0.3, -0.25) is 4.79 Å².